The highest BCUT2D eigenvalue weighted by Crippen LogP contribution is 2.30. The zero-order valence-corrected chi connectivity index (χ0v) is 11.8. The van der Waals surface area contributed by atoms with E-state index in [-0.39, 0.29) is 0 Å². The predicted octanol–water partition coefficient (Wildman–Crippen LogP) is 4.17. The van der Waals surface area contributed by atoms with Crippen molar-refractivity contribution in [3.05, 3.63) is 52.2 Å². The largest absolute Gasteiger partial charge is 0.306 e. The minimum absolute atomic E-state index is 0.315. The van der Waals surface area contributed by atoms with Crippen molar-refractivity contribution in [1.29, 1.82) is 0 Å². The molecule has 1 N–H and O–H groups in total. The van der Waals surface area contributed by atoms with E-state index in [1.54, 1.807) is 11.3 Å². The summed E-state index contributed by atoms with van der Waals surface area (Å²) < 4.78 is 0. The summed E-state index contributed by atoms with van der Waals surface area (Å²) in [4.78, 5) is 1.35. The number of thiophene rings is 1. The fourth-order valence-electron chi connectivity index (χ4n) is 1.96. The monoisotopic (exact) mass is 263 g/mol. The number of benzene rings is 1. The van der Waals surface area contributed by atoms with Gasteiger partial charge in [0.1, 0.15) is 0 Å². The van der Waals surface area contributed by atoms with Crippen molar-refractivity contribution in [2.24, 2.45) is 0 Å². The molecule has 0 radical (unpaired) electrons. The van der Waals surface area contributed by atoms with E-state index in [1.165, 1.54) is 16.0 Å². The lowest BCUT2D eigenvalue weighted by molar-refractivity contribution is 0.624. The van der Waals surface area contributed by atoms with Crippen LogP contribution in [0.15, 0.2) is 46.0 Å². The Balaban J connectivity index is 2.39. The van der Waals surface area contributed by atoms with E-state index in [0.29, 0.717) is 6.04 Å². The molecule has 0 saturated heterocycles. The molecule has 1 aromatic heterocycles. The first-order valence-corrected chi connectivity index (χ1v) is 7.92. The summed E-state index contributed by atoms with van der Waals surface area (Å²) in [5.74, 6) is 0. The summed E-state index contributed by atoms with van der Waals surface area (Å²) in [5.41, 5.74) is 2.73. The molecule has 1 heterocycles. The maximum absolute atomic E-state index is 3.57. The van der Waals surface area contributed by atoms with Gasteiger partial charge in [0.2, 0.25) is 0 Å². The SMILES string of the molecule is CCNC(c1ccsc1)c1ccccc1SC. The van der Waals surface area contributed by atoms with Gasteiger partial charge in [-0.25, -0.2) is 0 Å². The van der Waals surface area contributed by atoms with Crippen molar-refractivity contribution in [3.8, 4) is 0 Å². The van der Waals surface area contributed by atoms with Gasteiger partial charge in [0, 0.05) is 4.90 Å². The minimum Gasteiger partial charge on any atom is -0.306 e. The van der Waals surface area contributed by atoms with Gasteiger partial charge in [0.05, 0.1) is 6.04 Å². The second kappa shape index (κ2) is 6.24. The molecule has 0 bridgehead atoms. The molecule has 2 aromatic rings. The van der Waals surface area contributed by atoms with Crippen LogP contribution in [0.25, 0.3) is 0 Å². The molecular formula is C14H17NS2. The smallest absolute Gasteiger partial charge is 0.0595 e. The fraction of sp³-hybridized carbons (Fsp3) is 0.286. The lowest BCUT2D eigenvalue weighted by Crippen LogP contribution is -2.22. The number of nitrogens with one attached hydrogen (secondary N) is 1. The van der Waals surface area contributed by atoms with Gasteiger partial charge in [-0.05, 0) is 46.8 Å². The highest BCUT2D eigenvalue weighted by atomic mass is 32.2. The summed E-state index contributed by atoms with van der Waals surface area (Å²) in [7, 11) is 0. The normalized spacial score (nSPS) is 12.6. The second-order valence-electron chi connectivity index (χ2n) is 3.79. The third kappa shape index (κ3) is 2.92. The van der Waals surface area contributed by atoms with Crippen molar-refractivity contribution in [2.45, 2.75) is 17.9 Å². The average Bonchev–Trinajstić information content (AvgIpc) is 2.89. The molecule has 1 nitrogen and oxygen atoms in total. The van der Waals surface area contributed by atoms with Gasteiger partial charge in [0.25, 0.3) is 0 Å². The van der Waals surface area contributed by atoms with Crippen molar-refractivity contribution in [2.75, 3.05) is 12.8 Å². The van der Waals surface area contributed by atoms with Crippen LogP contribution in [0.4, 0.5) is 0 Å². The van der Waals surface area contributed by atoms with Crippen LogP contribution in [0.3, 0.4) is 0 Å². The number of hydrogen-bond acceptors (Lipinski definition) is 3. The van der Waals surface area contributed by atoms with Gasteiger partial charge in [-0.1, -0.05) is 25.1 Å². The molecule has 3 heteroatoms. The molecular weight excluding hydrogens is 246 g/mol. The van der Waals surface area contributed by atoms with E-state index in [9.17, 15) is 0 Å². The Morgan fingerprint density at radius 3 is 2.76 bits per heavy atom. The molecule has 0 fully saturated rings. The summed E-state index contributed by atoms with van der Waals surface area (Å²) in [6.07, 6.45) is 2.13. The highest BCUT2D eigenvalue weighted by molar-refractivity contribution is 7.98. The Morgan fingerprint density at radius 1 is 1.29 bits per heavy atom. The van der Waals surface area contributed by atoms with Crippen LogP contribution < -0.4 is 5.32 Å². The first-order valence-electron chi connectivity index (χ1n) is 5.75. The topological polar surface area (TPSA) is 12.0 Å². The number of thioether (sulfide) groups is 1. The lowest BCUT2D eigenvalue weighted by atomic mass is 10.0. The maximum atomic E-state index is 3.57. The van der Waals surface area contributed by atoms with Crippen LogP contribution >= 0.6 is 23.1 Å². The summed E-state index contributed by atoms with van der Waals surface area (Å²) >= 11 is 3.57. The fourth-order valence-corrected chi connectivity index (χ4v) is 3.28. The van der Waals surface area contributed by atoms with E-state index in [4.69, 9.17) is 0 Å². The first-order chi connectivity index (χ1) is 8.36. The molecule has 1 aromatic carbocycles. The standard InChI is InChI=1S/C14H17NS2/c1-3-15-14(11-8-9-17-10-11)12-6-4-5-7-13(12)16-2/h4-10,14-15H,3H2,1-2H3. The molecule has 0 aliphatic rings. The Labute approximate surface area is 111 Å². The molecule has 0 amide bonds. The molecule has 0 aliphatic heterocycles. The van der Waals surface area contributed by atoms with Crippen molar-refractivity contribution >= 4 is 23.1 Å². The van der Waals surface area contributed by atoms with E-state index in [2.05, 4.69) is 59.6 Å². The Morgan fingerprint density at radius 2 is 2.12 bits per heavy atom. The van der Waals surface area contributed by atoms with Gasteiger partial charge < -0.3 is 5.32 Å². The Bertz CT molecular complexity index is 451. The molecule has 0 aliphatic carbocycles. The summed E-state index contributed by atoms with van der Waals surface area (Å²) in [5, 5.41) is 7.94. The van der Waals surface area contributed by atoms with Gasteiger partial charge in [-0.2, -0.15) is 11.3 Å². The van der Waals surface area contributed by atoms with Gasteiger partial charge in [-0.15, -0.1) is 11.8 Å². The zero-order valence-electron chi connectivity index (χ0n) is 10.1. The lowest BCUT2D eigenvalue weighted by Gasteiger charge is -2.20. The quantitative estimate of drug-likeness (QED) is 0.813. The molecule has 90 valence electrons. The maximum Gasteiger partial charge on any atom is 0.0595 e. The predicted molar refractivity (Wildman–Crippen MR) is 78.1 cm³/mol. The number of hydrogen-bond donors (Lipinski definition) is 1. The zero-order chi connectivity index (χ0) is 12.1. The Kier molecular flexibility index (Phi) is 4.66. The third-order valence-electron chi connectivity index (χ3n) is 2.73. The van der Waals surface area contributed by atoms with Crippen molar-refractivity contribution in [1.82, 2.24) is 5.32 Å². The van der Waals surface area contributed by atoms with Crippen molar-refractivity contribution < 1.29 is 0 Å². The van der Waals surface area contributed by atoms with E-state index >= 15 is 0 Å². The van der Waals surface area contributed by atoms with E-state index in [0.717, 1.165) is 6.54 Å². The van der Waals surface area contributed by atoms with Gasteiger partial charge in [-0.3, -0.25) is 0 Å². The van der Waals surface area contributed by atoms with Gasteiger partial charge >= 0.3 is 0 Å². The van der Waals surface area contributed by atoms with E-state index < -0.39 is 0 Å². The van der Waals surface area contributed by atoms with Gasteiger partial charge in [0.15, 0.2) is 0 Å². The molecule has 2 rings (SSSR count). The minimum atomic E-state index is 0.315. The van der Waals surface area contributed by atoms with Crippen LogP contribution in [0.1, 0.15) is 24.1 Å². The summed E-state index contributed by atoms with van der Waals surface area (Å²) in [6.45, 7) is 3.13. The molecule has 0 spiro atoms. The first kappa shape index (κ1) is 12.7. The highest BCUT2D eigenvalue weighted by Gasteiger charge is 2.15. The molecule has 17 heavy (non-hydrogen) atoms. The van der Waals surface area contributed by atoms with E-state index in [1.807, 2.05) is 11.8 Å². The second-order valence-corrected chi connectivity index (χ2v) is 5.42. The molecule has 0 saturated carbocycles. The molecule has 1 unspecified atom stereocenters. The van der Waals surface area contributed by atoms with Crippen LogP contribution in [0.2, 0.25) is 0 Å². The van der Waals surface area contributed by atoms with Crippen molar-refractivity contribution in [3.63, 3.8) is 0 Å². The van der Waals surface area contributed by atoms with Crippen LogP contribution in [0, 0.1) is 0 Å². The third-order valence-corrected chi connectivity index (χ3v) is 4.25. The Hall–Kier alpha value is -0.770. The summed E-state index contributed by atoms with van der Waals surface area (Å²) in [6, 6.07) is 11.1. The van der Waals surface area contributed by atoms with Crippen LogP contribution in [-0.2, 0) is 0 Å². The average molecular weight is 263 g/mol. The molecule has 1 atom stereocenters. The van der Waals surface area contributed by atoms with Crippen LogP contribution in [-0.4, -0.2) is 12.8 Å². The van der Waals surface area contributed by atoms with Crippen LogP contribution in [0.5, 0.6) is 0 Å². The number of rotatable bonds is 5.